The lowest BCUT2D eigenvalue weighted by Crippen LogP contribution is -2.42. The summed E-state index contributed by atoms with van der Waals surface area (Å²) in [6.45, 7) is 5.90. The zero-order chi connectivity index (χ0) is 18.6. The van der Waals surface area contributed by atoms with Crippen molar-refractivity contribution in [2.75, 3.05) is 12.3 Å². The standard InChI is InChI=1S/C15H19ClN6O4/c1-4-18-12(23)8-7-9(26-15(2,3)25-7)13(24-8)22-5-19-6-10(17)20-14(16)21-11(6)22/h5,7-9,13H,4H2,1-3H3,(H,18,23)(H2,17,20,21)/t7?,8-,9-,13+/m0/s1. The van der Waals surface area contributed by atoms with Crippen molar-refractivity contribution in [3.05, 3.63) is 11.6 Å². The van der Waals surface area contributed by atoms with E-state index in [2.05, 4.69) is 20.3 Å². The number of nitrogen functional groups attached to an aromatic ring is 1. The number of imidazole rings is 1. The van der Waals surface area contributed by atoms with Crippen LogP contribution in [0.15, 0.2) is 6.33 Å². The van der Waals surface area contributed by atoms with E-state index >= 15 is 0 Å². The summed E-state index contributed by atoms with van der Waals surface area (Å²) in [5.74, 6) is -0.940. The Morgan fingerprint density at radius 1 is 1.38 bits per heavy atom. The first-order chi connectivity index (χ1) is 12.3. The number of nitrogens with zero attached hydrogens (tertiary/aromatic N) is 4. The van der Waals surface area contributed by atoms with Crippen molar-refractivity contribution < 1.29 is 19.0 Å². The Labute approximate surface area is 154 Å². The Hall–Kier alpha value is -2.01. The van der Waals surface area contributed by atoms with E-state index in [0.717, 1.165) is 0 Å². The highest BCUT2D eigenvalue weighted by Gasteiger charge is 2.58. The molecule has 1 amide bonds. The number of carbonyl (C=O) groups is 1. The number of nitrogens with two attached hydrogens (primary N) is 1. The molecule has 11 heteroatoms. The number of ether oxygens (including phenoxy) is 3. The summed E-state index contributed by atoms with van der Waals surface area (Å²) in [7, 11) is 0. The van der Waals surface area contributed by atoms with Gasteiger partial charge in [-0.05, 0) is 32.4 Å². The van der Waals surface area contributed by atoms with Crippen molar-refractivity contribution in [3.63, 3.8) is 0 Å². The van der Waals surface area contributed by atoms with Gasteiger partial charge in [0.15, 0.2) is 29.6 Å². The molecule has 2 fully saturated rings. The molecule has 2 aromatic heterocycles. The maximum atomic E-state index is 12.4. The number of likely N-dealkylation sites (N-methyl/N-ethyl adjacent to an activating group) is 1. The predicted molar refractivity (Wildman–Crippen MR) is 91.2 cm³/mol. The third-order valence-corrected chi connectivity index (χ3v) is 4.50. The van der Waals surface area contributed by atoms with Crippen molar-refractivity contribution >= 4 is 34.5 Å². The molecule has 0 aliphatic carbocycles. The fraction of sp³-hybridized carbons (Fsp3) is 0.600. The number of rotatable bonds is 3. The van der Waals surface area contributed by atoms with E-state index in [9.17, 15) is 4.79 Å². The van der Waals surface area contributed by atoms with Crippen LogP contribution in [0.2, 0.25) is 5.28 Å². The Kier molecular flexibility index (Phi) is 4.03. The molecule has 1 unspecified atom stereocenters. The predicted octanol–water partition coefficient (Wildman–Crippen LogP) is 0.615. The number of amides is 1. The molecule has 140 valence electrons. The monoisotopic (exact) mass is 382 g/mol. The lowest BCUT2D eigenvalue weighted by molar-refractivity contribution is -0.197. The van der Waals surface area contributed by atoms with E-state index in [0.29, 0.717) is 17.7 Å². The quantitative estimate of drug-likeness (QED) is 0.739. The zero-order valence-electron chi connectivity index (χ0n) is 14.5. The van der Waals surface area contributed by atoms with Gasteiger partial charge in [0.2, 0.25) is 5.28 Å². The summed E-state index contributed by atoms with van der Waals surface area (Å²) in [4.78, 5) is 24.8. The van der Waals surface area contributed by atoms with Crippen LogP contribution in [0.1, 0.15) is 27.0 Å². The van der Waals surface area contributed by atoms with Gasteiger partial charge in [-0.25, -0.2) is 4.98 Å². The Bertz CT molecular complexity index is 871. The third kappa shape index (κ3) is 2.69. The number of halogens is 1. The molecule has 0 radical (unpaired) electrons. The van der Waals surface area contributed by atoms with Crippen LogP contribution in [-0.2, 0) is 19.0 Å². The molecular formula is C15H19ClN6O4. The van der Waals surface area contributed by atoms with Gasteiger partial charge in [0, 0.05) is 6.54 Å². The van der Waals surface area contributed by atoms with E-state index < -0.39 is 30.3 Å². The van der Waals surface area contributed by atoms with Crippen molar-refractivity contribution in [2.24, 2.45) is 0 Å². The average Bonchev–Trinajstić information content (AvgIpc) is 3.18. The second kappa shape index (κ2) is 6.02. The van der Waals surface area contributed by atoms with Gasteiger partial charge in [-0.2, -0.15) is 9.97 Å². The van der Waals surface area contributed by atoms with Gasteiger partial charge < -0.3 is 25.3 Å². The van der Waals surface area contributed by atoms with Crippen LogP contribution >= 0.6 is 11.6 Å². The normalized spacial score (nSPS) is 29.8. The highest BCUT2D eigenvalue weighted by Crippen LogP contribution is 2.43. The Morgan fingerprint density at radius 3 is 2.85 bits per heavy atom. The Balaban J connectivity index is 1.76. The summed E-state index contributed by atoms with van der Waals surface area (Å²) in [5.41, 5.74) is 6.66. The molecule has 2 aliphatic heterocycles. The van der Waals surface area contributed by atoms with Gasteiger partial charge in [-0.3, -0.25) is 9.36 Å². The summed E-state index contributed by atoms with van der Waals surface area (Å²) < 4.78 is 19.5. The summed E-state index contributed by atoms with van der Waals surface area (Å²) in [6.07, 6.45) is -1.06. The van der Waals surface area contributed by atoms with Crippen LogP contribution in [0.3, 0.4) is 0 Å². The fourth-order valence-electron chi connectivity index (χ4n) is 3.38. The van der Waals surface area contributed by atoms with E-state index in [1.807, 2.05) is 6.92 Å². The topological polar surface area (TPSA) is 126 Å². The number of aromatic nitrogens is 4. The maximum Gasteiger partial charge on any atom is 0.252 e. The van der Waals surface area contributed by atoms with Gasteiger partial charge in [0.25, 0.3) is 5.91 Å². The molecule has 2 saturated heterocycles. The van der Waals surface area contributed by atoms with Gasteiger partial charge in [-0.15, -0.1) is 0 Å². The fourth-order valence-corrected chi connectivity index (χ4v) is 3.55. The van der Waals surface area contributed by atoms with Crippen LogP contribution in [0.25, 0.3) is 11.2 Å². The van der Waals surface area contributed by atoms with Crippen LogP contribution in [0, 0.1) is 0 Å². The molecule has 4 atom stereocenters. The largest absolute Gasteiger partial charge is 0.382 e. The van der Waals surface area contributed by atoms with Gasteiger partial charge in [0.05, 0.1) is 6.33 Å². The molecule has 26 heavy (non-hydrogen) atoms. The number of anilines is 1. The molecule has 10 nitrogen and oxygen atoms in total. The molecule has 4 rings (SSSR count). The number of fused-ring (bicyclic) bond motifs is 2. The van der Waals surface area contributed by atoms with Crippen LogP contribution in [-0.4, -0.2) is 56.1 Å². The molecule has 4 heterocycles. The van der Waals surface area contributed by atoms with Crippen molar-refractivity contribution in [2.45, 2.75) is 51.1 Å². The van der Waals surface area contributed by atoms with E-state index in [-0.39, 0.29) is 17.0 Å². The minimum atomic E-state index is -0.843. The highest BCUT2D eigenvalue weighted by molar-refractivity contribution is 6.28. The van der Waals surface area contributed by atoms with Crippen LogP contribution < -0.4 is 11.1 Å². The number of carbonyl (C=O) groups excluding carboxylic acids is 1. The van der Waals surface area contributed by atoms with Gasteiger partial charge >= 0.3 is 0 Å². The van der Waals surface area contributed by atoms with E-state index in [1.54, 1.807) is 18.4 Å². The lowest BCUT2D eigenvalue weighted by atomic mass is 10.1. The summed E-state index contributed by atoms with van der Waals surface area (Å²) in [6, 6.07) is 0. The minimum Gasteiger partial charge on any atom is -0.382 e. The first-order valence-corrected chi connectivity index (χ1v) is 8.63. The lowest BCUT2D eigenvalue weighted by Gasteiger charge is -2.24. The Morgan fingerprint density at radius 2 is 2.12 bits per heavy atom. The summed E-state index contributed by atoms with van der Waals surface area (Å²) in [5, 5.41) is 2.75. The van der Waals surface area contributed by atoms with Crippen LogP contribution in [0.5, 0.6) is 0 Å². The SMILES string of the molecule is CCNC(=O)[C@H]1O[C@@H](n2cnc3c(N)nc(Cl)nc32)[C@H]2OC(C)(C)OC12. The highest BCUT2D eigenvalue weighted by atomic mass is 35.5. The van der Waals surface area contributed by atoms with Gasteiger partial charge in [-0.1, -0.05) is 0 Å². The molecule has 2 aliphatic rings. The summed E-state index contributed by atoms with van der Waals surface area (Å²) >= 11 is 5.93. The van der Waals surface area contributed by atoms with E-state index in [4.69, 9.17) is 31.5 Å². The molecule has 0 spiro atoms. The number of hydrogen-bond donors (Lipinski definition) is 2. The van der Waals surface area contributed by atoms with Gasteiger partial charge in [0.1, 0.15) is 17.7 Å². The molecule has 0 saturated carbocycles. The van der Waals surface area contributed by atoms with E-state index in [1.165, 1.54) is 6.33 Å². The minimum absolute atomic E-state index is 0.00417. The molecule has 0 bridgehead atoms. The molecule has 2 aromatic rings. The molecule has 0 aromatic carbocycles. The average molecular weight is 383 g/mol. The maximum absolute atomic E-state index is 12.4. The molecular weight excluding hydrogens is 364 g/mol. The van der Waals surface area contributed by atoms with Crippen LogP contribution in [0.4, 0.5) is 5.82 Å². The van der Waals surface area contributed by atoms with Crippen molar-refractivity contribution in [3.8, 4) is 0 Å². The number of hydrogen-bond acceptors (Lipinski definition) is 8. The second-order valence-corrected chi connectivity index (χ2v) is 6.95. The second-order valence-electron chi connectivity index (χ2n) is 6.61. The van der Waals surface area contributed by atoms with Crippen molar-refractivity contribution in [1.29, 1.82) is 0 Å². The van der Waals surface area contributed by atoms with Crippen molar-refractivity contribution in [1.82, 2.24) is 24.8 Å². The smallest absolute Gasteiger partial charge is 0.252 e. The third-order valence-electron chi connectivity index (χ3n) is 4.33. The number of nitrogens with one attached hydrogen (secondary N) is 1. The first-order valence-electron chi connectivity index (χ1n) is 8.25. The zero-order valence-corrected chi connectivity index (χ0v) is 15.2. The first kappa shape index (κ1) is 17.4. The molecule has 3 N–H and O–H groups in total.